The highest BCUT2D eigenvalue weighted by molar-refractivity contribution is 6.01. The SMILES string of the molecule is O=C1NC(c2cccc(C(F)(F)F)c2)Nc2ccccc21. The number of halogens is 3. The minimum Gasteiger partial charge on any atom is -0.361 e. The Balaban J connectivity index is 1.95. The Morgan fingerprint density at radius 2 is 1.71 bits per heavy atom. The van der Waals surface area contributed by atoms with Crippen molar-refractivity contribution in [2.24, 2.45) is 0 Å². The van der Waals surface area contributed by atoms with Crippen LogP contribution in [0.4, 0.5) is 18.9 Å². The summed E-state index contributed by atoms with van der Waals surface area (Å²) < 4.78 is 38.2. The topological polar surface area (TPSA) is 41.1 Å². The van der Waals surface area contributed by atoms with Gasteiger partial charge in [0.2, 0.25) is 0 Å². The quantitative estimate of drug-likeness (QED) is 0.844. The van der Waals surface area contributed by atoms with Gasteiger partial charge in [-0.3, -0.25) is 4.79 Å². The van der Waals surface area contributed by atoms with Gasteiger partial charge in [-0.05, 0) is 29.8 Å². The fraction of sp³-hybridized carbons (Fsp3) is 0.133. The van der Waals surface area contributed by atoms with Crippen LogP contribution in [0.3, 0.4) is 0 Å². The molecular weight excluding hydrogens is 281 g/mol. The van der Waals surface area contributed by atoms with E-state index < -0.39 is 17.9 Å². The molecule has 2 N–H and O–H groups in total. The first-order chi connectivity index (χ1) is 9.95. The molecule has 1 unspecified atom stereocenters. The zero-order valence-corrected chi connectivity index (χ0v) is 10.7. The van der Waals surface area contributed by atoms with E-state index in [9.17, 15) is 18.0 Å². The maximum atomic E-state index is 12.7. The molecule has 1 atom stereocenters. The summed E-state index contributed by atoms with van der Waals surface area (Å²) in [6.45, 7) is 0. The van der Waals surface area contributed by atoms with Crippen molar-refractivity contribution in [2.75, 3.05) is 5.32 Å². The number of benzene rings is 2. The molecule has 3 rings (SSSR count). The van der Waals surface area contributed by atoms with E-state index in [4.69, 9.17) is 0 Å². The van der Waals surface area contributed by atoms with Crippen LogP contribution in [0.5, 0.6) is 0 Å². The summed E-state index contributed by atoms with van der Waals surface area (Å²) >= 11 is 0. The highest BCUT2D eigenvalue weighted by Gasteiger charge is 2.32. The van der Waals surface area contributed by atoms with Crippen molar-refractivity contribution in [3.05, 3.63) is 65.2 Å². The molecule has 1 heterocycles. The van der Waals surface area contributed by atoms with Gasteiger partial charge < -0.3 is 10.6 Å². The number of carbonyl (C=O) groups excluding carboxylic acids is 1. The number of nitrogens with one attached hydrogen (secondary N) is 2. The highest BCUT2D eigenvalue weighted by atomic mass is 19.4. The van der Waals surface area contributed by atoms with Crippen LogP contribution in [0.1, 0.15) is 27.7 Å². The van der Waals surface area contributed by atoms with Crippen LogP contribution < -0.4 is 10.6 Å². The van der Waals surface area contributed by atoms with Gasteiger partial charge in [0.05, 0.1) is 11.1 Å². The smallest absolute Gasteiger partial charge is 0.361 e. The number of anilines is 1. The third kappa shape index (κ3) is 2.56. The molecule has 0 fully saturated rings. The average molecular weight is 292 g/mol. The Hall–Kier alpha value is -2.50. The second-order valence-corrected chi connectivity index (χ2v) is 4.72. The van der Waals surface area contributed by atoms with Gasteiger partial charge in [0.1, 0.15) is 6.17 Å². The summed E-state index contributed by atoms with van der Waals surface area (Å²) in [6, 6.07) is 11.8. The van der Waals surface area contributed by atoms with Crippen LogP contribution in [0.2, 0.25) is 0 Å². The van der Waals surface area contributed by atoms with E-state index >= 15 is 0 Å². The molecule has 1 aliphatic heterocycles. The summed E-state index contributed by atoms with van der Waals surface area (Å²) in [6.07, 6.45) is -5.10. The number of rotatable bonds is 1. The van der Waals surface area contributed by atoms with Crippen molar-refractivity contribution in [3.8, 4) is 0 Å². The molecular formula is C15H11F3N2O. The van der Waals surface area contributed by atoms with Gasteiger partial charge in [-0.15, -0.1) is 0 Å². The molecule has 108 valence electrons. The number of para-hydroxylation sites is 1. The third-order valence-corrected chi connectivity index (χ3v) is 3.29. The molecule has 2 aromatic rings. The molecule has 1 amide bonds. The number of alkyl halides is 3. The van der Waals surface area contributed by atoms with Gasteiger partial charge in [0.15, 0.2) is 0 Å². The molecule has 0 bridgehead atoms. The Morgan fingerprint density at radius 3 is 2.48 bits per heavy atom. The monoisotopic (exact) mass is 292 g/mol. The highest BCUT2D eigenvalue weighted by Crippen LogP contribution is 2.32. The van der Waals surface area contributed by atoms with Gasteiger partial charge in [0.25, 0.3) is 5.91 Å². The Kier molecular flexibility index (Phi) is 3.08. The lowest BCUT2D eigenvalue weighted by molar-refractivity contribution is -0.137. The normalized spacial score (nSPS) is 17.7. The van der Waals surface area contributed by atoms with Crippen molar-refractivity contribution < 1.29 is 18.0 Å². The first-order valence-corrected chi connectivity index (χ1v) is 6.29. The summed E-state index contributed by atoms with van der Waals surface area (Å²) in [5, 5.41) is 5.67. The van der Waals surface area contributed by atoms with Gasteiger partial charge in [0, 0.05) is 5.69 Å². The second kappa shape index (κ2) is 4.80. The molecule has 0 aliphatic carbocycles. The minimum atomic E-state index is -4.41. The Bertz CT molecular complexity index is 697. The van der Waals surface area contributed by atoms with Crippen molar-refractivity contribution in [3.63, 3.8) is 0 Å². The van der Waals surface area contributed by atoms with Gasteiger partial charge in [-0.2, -0.15) is 13.2 Å². The number of fused-ring (bicyclic) bond motifs is 1. The lowest BCUT2D eigenvalue weighted by Gasteiger charge is -2.28. The molecule has 21 heavy (non-hydrogen) atoms. The van der Waals surface area contributed by atoms with Crippen LogP contribution in [0.15, 0.2) is 48.5 Å². The predicted molar refractivity (Wildman–Crippen MR) is 71.7 cm³/mol. The van der Waals surface area contributed by atoms with Crippen LogP contribution in [0.25, 0.3) is 0 Å². The number of hydrogen-bond donors (Lipinski definition) is 2. The second-order valence-electron chi connectivity index (χ2n) is 4.72. The lowest BCUT2D eigenvalue weighted by Crippen LogP contribution is -2.38. The summed E-state index contributed by atoms with van der Waals surface area (Å²) in [7, 11) is 0. The van der Waals surface area contributed by atoms with E-state index in [-0.39, 0.29) is 5.91 Å². The van der Waals surface area contributed by atoms with Crippen molar-refractivity contribution in [1.82, 2.24) is 5.32 Å². The first-order valence-electron chi connectivity index (χ1n) is 6.29. The largest absolute Gasteiger partial charge is 0.416 e. The van der Waals surface area contributed by atoms with Crippen LogP contribution >= 0.6 is 0 Å². The molecule has 1 aliphatic rings. The molecule has 0 radical (unpaired) electrons. The minimum absolute atomic E-state index is 0.313. The third-order valence-electron chi connectivity index (χ3n) is 3.29. The van der Waals surface area contributed by atoms with Crippen molar-refractivity contribution >= 4 is 11.6 Å². The standard InChI is InChI=1S/C15H11F3N2O/c16-15(17,18)10-5-3-4-9(8-10)13-19-12-7-2-1-6-11(12)14(21)20-13/h1-8,13,19H,(H,20,21). The molecule has 0 saturated heterocycles. The zero-order valence-electron chi connectivity index (χ0n) is 10.7. The fourth-order valence-electron chi connectivity index (χ4n) is 2.27. The van der Waals surface area contributed by atoms with Crippen LogP contribution in [-0.2, 0) is 6.18 Å². The molecule has 3 nitrogen and oxygen atoms in total. The van der Waals surface area contributed by atoms with Gasteiger partial charge in [-0.1, -0.05) is 24.3 Å². The van der Waals surface area contributed by atoms with E-state index in [0.717, 1.165) is 12.1 Å². The molecule has 2 aromatic carbocycles. The van der Waals surface area contributed by atoms with E-state index in [2.05, 4.69) is 10.6 Å². The van der Waals surface area contributed by atoms with E-state index in [1.54, 1.807) is 30.3 Å². The summed E-state index contributed by atoms with van der Waals surface area (Å²) in [4.78, 5) is 12.0. The fourth-order valence-corrected chi connectivity index (χ4v) is 2.27. The first kappa shape index (κ1) is 13.5. The number of amides is 1. The Labute approximate surface area is 118 Å². The lowest BCUT2D eigenvalue weighted by atomic mass is 10.0. The molecule has 6 heteroatoms. The maximum absolute atomic E-state index is 12.7. The van der Waals surface area contributed by atoms with E-state index in [1.165, 1.54) is 6.07 Å². The predicted octanol–water partition coefficient (Wildman–Crippen LogP) is 3.56. The molecule has 0 spiro atoms. The maximum Gasteiger partial charge on any atom is 0.416 e. The molecule has 0 saturated carbocycles. The summed E-state index contributed by atoms with van der Waals surface area (Å²) in [5.41, 5.74) is 0.687. The van der Waals surface area contributed by atoms with Crippen molar-refractivity contribution in [1.29, 1.82) is 0 Å². The van der Waals surface area contributed by atoms with Crippen molar-refractivity contribution in [2.45, 2.75) is 12.3 Å². The van der Waals surface area contributed by atoms with E-state index in [0.29, 0.717) is 16.8 Å². The van der Waals surface area contributed by atoms with Gasteiger partial charge in [-0.25, -0.2) is 0 Å². The molecule has 0 aromatic heterocycles. The summed E-state index contributed by atoms with van der Waals surface area (Å²) in [5.74, 6) is -0.313. The number of hydrogen-bond acceptors (Lipinski definition) is 2. The van der Waals surface area contributed by atoms with E-state index in [1.807, 2.05) is 0 Å². The van der Waals surface area contributed by atoms with Crippen LogP contribution in [0, 0.1) is 0 Å². The number of carbonyl (C=O) groups is 1. The Morgan fingerprint density at radius 1 is 0.952 bits per heavy atom. The average Bonchev–Trinajstić information content (AvgIpc) is 2.46. The van der Waals surface area contributed by atoms with Crippen LogP contribution in [-0.4, -0.2) is 5.91 Å². The zero-order chi connectivity index (χ0) is 15.0. The van der Waals surface area contributed by atoms with Gasteiger partial charge >= 0.3 is 6.18 Å².